The van der Waals surface area contributed by atoms with Gasteiger partial charge in [0.15, 0.2) is 0 Å². The van der Waals surface area contributed by atoms with Crippen molar-refractivity contribution in [3.63, 3.8) is 0 Å². The van der Waals surface area contributed by atoms with Crippen molar-refractivity contribution in [2.24, 2.45) is 5.73 Å². The molecule has 0 saturated heterocycles. The molecule has 132 valence electrons. The fourth-order valence-electron chi connectivity index (χ4n) is 3.64. The molecule has 0 aliphatic carbocycles. The predicted molar refractivity (Wildman–Crippen MR) is 109 cm³/mol. The van der Waals surface area contributed by atoms with E-state index in [1.807, 2.05) is 0 Å². The first-order chi connectivity index (χ1) is 12.2. The summed E-state index contributed by atoms with van der Waals surface area (Å²) in [6, 6.07) is 15.7. The van der Waals surface area contributed by atoms with Crippen LogP contribution in [0.5, 0.6) is 0 Å². The van der Waals surface area contributed by atoms with Gasteiger partial charge < -0.3 is 10.7 Å². The minimum absolute atomic E-state index is 0.509. The van der Waals surface area contributed by atoms with E-state index >= 15 is 0 Å². The predicted octanol–water partition coefficient (Wildman–Crippen LogP) is 5.80. The average Bonchev–Trinajstić information content (AvgIpc) is 3.00. The van der Waals surface area contributed by atoms with Crippen LogP contribution in [0.15, 0.2) is 42.5 Å². The van der Waals surface area contributed by atoms with Crippen molar-refractivity contribution >= 4 is 10.9 Å². The lowest BCUT2D eigenvalue weighted by Gasteiger charge is -2.07. The number of para-hydroxylation sites is 1. The van der Waals surface area contributed by atoms with Crippen LogP contribution in [-0.4, -0.2) is 11.5 Å². The molecular weight excluding hydrogens is 304 g/mol. The third kappa shape index (κ3) is 3.64. The Balaban J connectivity index is 2.13. The second-order valence-electron chi connectivity index (χ2n) is 7.20. The molecule has 1 heterocycles. The minimum atomic E-state index is 0.509. The van der Waals surface area contributed by atoms with Gasteiger partial charge in [0.2, 0.25) is 0 Å². The van der Waals surface area contributed by atoms with Crippen LogP contribution in [0.4, 0.5) is 0 Å². The molecule has 25 heavy (non-hydrogen) atoms. The number of aromatic nitrogens is 1. The van der Waals surface area contributed by atoms with E-state index in [9.17, 15) is 0 Å². The Morgan fingerprint density at radius 2 is 1.76 bits per heavy atom. The van der Waals surface area contributed by atoms with Gasteiger partial charge in [-0.15, -0.1) is 0 Å². The summed E-state index contributed by atoms with van der Waals surface area (Å²) >= 11 is 0. The summed E-state index contributed by atoms with van der Waals surface area (Å²) in [4.78, 5) is 3.76. The Labute approximate surface area is 151 Å². The minimum Gasteiger partial charge on any atom is -0.354 e. The molecule has 3 rings (SSSR count). The van der Waals surface area contributed by atoms with E-state index in [4.69, 9.17) is 5.73 Å². The standard InChI is InChI=1S/C23H30N2/c1-4-17-11-13-18(14-12-17)22-20(8-5-6-15-24)21-10-7-9-19(16(2)3)23(21)25-22/h7,9-14,16,25H,4-6,8,15,24H2,1-3H3. The summed E-state index contributed by atoms with van der Waals surface area (Å²) in [6.07, 6.45) is 4.36. The molecule has 0 aliphatic rings. The quantitative estimate of drug-likeness (QED) is 0.527. The van der Waals surface area contributed by atoms with Crippen LogP contribution in [0, 0.1) is 0 Å². The lowest BCUT2D eigenvalue weighted by atomic mass is 9.96. The van der Waals surface area contributed by atoms with Gasteiger partial charge in [-0.25, -0.2) is 0 Å². The lowest BCUT2D eigenvalue weighted by molar-refractivity contribution is 0.748. The number of hydrogen-bond donors (Lipinski definition) is 2. The second kappa shape index (κ2) is 7.88. The molecule has 0 bridgehead atoms. The van der Waals surface area contributed by atoms with Crippen molar-refractivity contribution in [1.29, 1.82) is 0 Å². The summed E-state index contributed by atoms with van der Waals surface area (Å²) in [5, 5.41) is 1.37. The van der Waals surface area contributed by atoms with Gasteiger partial charge in [-0.05, 0) is 60.4 Å². The molecule has 0 saturated carbocycles. The number of H-pyrrole nitrogens is 1. The number of benzene rings is 2. The van der Waals surface area contributed by atoms with Crippen LogP contribution in [0.25, 0.3) is 22.2 Å². The molecule has 0 amide bonds. The highest BCUT2D eigenvalue weighted by atomic mass is 14.7. The summed E-state index contributed by atoms with van der Waals surface area (Å²) in [5.41, 5.74) is 13.8. The molecule has 2 aromatic carbocycles. The zero-order valence-corrected chi connectivity index (χ0v) is 15.7. The number of aromatic amines is 1. The maximum absolute atomic E-state index is 5.72. The largest absolute Gasteiger partial charge is 0.354 e. The zero-order valence-electron chi connectivity index (χ0n) is 15.7. The monoisotopic (exact) mass is 334 g/mol. The number of fused-ring (bicyclic) bond motifs is 1. The number of aryl methyl sites for hydroxylation is 2. The highest BCUT2D eigenvalue weighted by molar-refractivity contribution is 5.93. The summed E-state index contributed by atoms with van der Waals surface area (Å²) in [5.74, 6) is 0.509. The highest BCUT2D eigenvalue weighted by Gasteiger charge is 2.16. The van der Waals surface area contributed by atoms with E-state index in [0.29, 0.717) is 5.92 Å². The summed E-state index contributed by atoms with van der Waals surface area (Å²) in [7, 11) is 0. The van der Waals surface area contributed by atoms with E-state index < -0.39 is 0 Å². The van der Waals surface area contributed by atoms with Gasteiger partial charge in [-0.3, -0.25) is 0 Å². The molecular formula is C23H30N2. The molecule has 2 heteroatoms. The van der Waals surface area contributed by atoms with Crippen LogP contribution in [0.1, 0.15) is 56.2 Å². The molecule has 3 N–H and O–H groups in total. The molecule has 0 radical (unpaired) electrons. The van der Waals surface area contributed by atoms with E-state index in [0.717, 1.165) is 32.2 Å². The molecule has 1 aromatic heterocycles. The Kier molecular flexibility index (Phi) is 5.60. The van der Waals surface area contributed by atoms with Crippen molar-refractivity contribution in [3.05, 3.63) is 59.2 Å². The van der Waals surface area contributed by atoms with Crippen LogP contribution in [0.3, 0.4) is 0 Å². The van der Waals surface area contributed by atoms with E-state index in [-0.39, 0.29) is 0 Å². The molecule has 0 atom stereocenters. The SMILES string of the molecule is CCc1ccc(-c2[nH]c3c(C(C)C)cccc3c2CCCCN)cc1. The van der Waals surface area contributed by atoms with Crippen molar-refractivity contribution in [2.75, 3.05) is 6.54 Å². The highest BCUT2D eigenvalue weighted by Crippen LogP contribution is 2.35. The van der Waals surface area contributed by atoms with Gasteiger partial charge in [-0.1, -0.05) is 63.2 Å². The average molecular weight is 335 g/mol. The first-order valence-corrected chi connectivity index (χ1v) is 9.58. The van der Waals surface area contributed by atoms with Crippen molar-refractivity contribution in [1.82, 2.24) is 4.98 Å². The van der Waals surface area contributed by atoms with Gasteiger partial charge in [0.1, 0.15) is 0 Å². The van der Waals surface area contributed by atoms with Gasteiger partial charge in [0.25, 0.3) is 0 Å². The first-order valence-electron chi connectivity index (χ1n) is 9.58. The van der Waals surface area contributed by atoms with Gasteiger partial charge in [-0.2, -0.15) is 0 Å². The second-order valence-corrected chi connectivity index (χ2v) is 7.20. The molecule has 2 nitrogen and oxygen atoms in total. The number of rotatable bonds is 7. The summed E-state index contributed by atoms with van der Waals surface area (Å²) in [6.45, 7) is 7.49. The van der Waals surface area contributed by atoms with Crippen molar-refractivity contribution < 1.29 is 0 Å². The zero-order chi connectivity index (χ0) is 17.8. The van der Waals surface area contributed by atoms with Crippen LogP contribution < -0.4 is 5.73 Å². The molecule has 0 unspecified atom stereocenters. The fraction of sp³-hybridized carbons (Fsp3) is 0.391. The van der Waals surface area contributed by atoms with E-state index in [1.165, 1.54) is 38.9 Å². The Morgan fingerprint density at radius 3 is 2.40 bits per heavy atom. The van der Waals surface area contributed by atoms with E-state index in [2.05, 4.69) is 68.2 Å². The maximum Gasteiger partial charge on any atom is 0.0497 e. The molecule has 0 aliphatic heterocycles. The molecule has 0 fully saturated rings. The Hall–Kier alpha value is -2.06. The third-order valence-electron chi connectivity index (χ3n) is 5.13. The third-order valence-corrected chi connectivity index (χ3v) is 5.13. The number of nitrogens with one attached hydrogen (secondary N) is 1. The maximum atomic E-state index is 5.72. The first kappa shape index (κ1) is 17.8. The van der Waals surface area contributed by atoms with Crippen LogP contribution in [-0.2, 0) is 12.8 Å². The van der Waals surface area contributed by atoms with Crippen molar-refractivity contribution in [2.45, 2.75) is 52.4 Å². The molecule has 0 spiro atoms. The van der Waals surface area contributed by atoms with Crippen LogP contribution in [0.2, 0.25) is 0 Å². The smallest absolute Gasteiger partial charge is 0.0497 e. The van der Waals surface area contributed by atoms with Gasteiger partial charge in [0, 0.05) is 16.6 Å². The van der Waals surface area contributed by atoms with Gasteiger partial charge in [0.05, 0.1) is 0 Å². The Morgan fingerprint density at radius 1 is 1.00 bits per heavy atom. The fourth-order valence-corrected chi connectivity index (χ4v) is 3.64. The van der Waals surface area contributed by atoms with Crippen molar-refractivity contribution in [3.8, 4) is 11.3 Å². The van der Waals surface area contributed by atoms with Gasteiger partial charge >= 0.3 is 0 Å². The Bertz CT molecular complexity index is 825. The van der Waals surface area contributed by atoms with Crippen LogP contribution >= 0.6 is 0 Å². The topological polar surface area (TPSA) is 41.8 Å². The number of unbranched alkanes of at least 4 members (excludes halogenated alkanes) is 1. The lowest BCUT2D eigenvalue weighted by Crippen LogP contribution is -1.99. The summed E-state index contributed by atoms with van der Waals surface area (Å²) < 4.78 is 0. The number of hydrogen-bond acceptors (Lipinski definition) is 1. The normalized spacial score (nSPS) is 11.6. The van der Waals surface area contributed by atoms with E-state index in [1.54, 1.807) is 0 Å². The molecule has 3 aromatic rings. The number of nitrogens with two attached hydrogens (primary N) is 1.